The molecular weight excluding hydrogens is 305 g/mol. The lowest BCUT2D eigenvalue weighted by Crippen LogP contribution is -2.17. The van der Waals surface area contributed by atoms with E-state index in [2.05, 4.69) is 4.74 Å². The van der Waals surface area contributed by atoms with Crippen molar-refractivity contribution in [3.8, 4) is 11.5 Å². The van der Waals surface area contributed by atoms with Gasteiger partial charge in [0.2, 0.25) is 0 Å². The Morgan fingerprint density at radius 3 is 2.38 bits per heavy atom. The summed E-state index contributed by atoms with van der Waals surface area (Å²) in [6.45, 7) is 0.329. The second-order valence-corrected chi connectivity index (χ2v) is 4.69. The molecule has 21 heavy (non-hydrogen) atoms. The fraction of sp³-hybridized carbons (Fsp3) is 0.200. The van der Waals surface area contributed by atoms with Crippen molar-refractivity contribution in [2.45, 2.75) is 12.8 Å². The van der Waals surface area contributed by atoms with E-state index in [1.54, 1.807) is 30.3 Å². The van der Waals surface area contributed by atoms with Crippen molar-refractivity contribution < 1.29 is 22.6 Å². The van der Waals surface area contributed by atoms with E-state index in [1.165, 1.54) is 18.2 Å². The molecule has 112 valence electrons. The summed E-state index contributed by atoms with van der Waals surface area (Å²) in [4.78, 5) is 0. The van der Waals surface area contributed by atoms with Crippen molar-refractivity contribution >= 4 is 11.6 Å². The monoisotopic (exact) mass is 316 g/mol. The first kappa shape index (κ1) is 15.5. The average Bonchev–Trinajstić information content (AvgIpc) is 2.37. The number of halogens is 4. The van der Waals surface area contributed by atoms with Gasteiger partial charge in [0.05, 0.1) is 6.61 Å². The second kappa shape index (κ2) is 6.72. The molecule has 0 aliphatic carbocycles. The molecule has 0 heterocycles. The van der Waals surface area contributed by atoms with Crippen molar-refractivity contribution in [3.63, 3.8) is 0 Å². The van der Waals surface area contributed by atoms with Crippen LogP contribution in [-0.2, 0) is 6.42 Å². The highest BCUT2D eigenvalue weighted by molar-refractivity contribution is 6.30. The summed E-state index contributed by atoms with van der Waals surface area (Å²) < 4.78 is 45.7. The van der Waals surface area contributed by atoms with Crippen LogP contribution < -0.4 is 9.47 Å². The van der Waals surface area contributed by atoms with Gasteiger partial charge in [-0.2, -0.15) is 0 Å². The van der Waals surface area contributed by atoms with Crippen molar-refractivity contribution in [3.05, 3.63) is 59.1 Å². The van der Waals surface area contributed by atoms with E-state index < -0.39 is 6.36 Å². The normalized spacial score (nSPS) is 11.2. The minimum absolute atomic E-state index is 0.234. The van der Waals surface area contributed by atoms with Gasteiger partial charge in [0.25, 0.3) is 0 Å². The summed E-state index contributed by atoms with van der Waals surface area (Å²) >= 11 is 5.82. The van der Waals surface area contributed by atoms with Crippen LogP contribution in [-0.4, -0.2) is 13.0 Å². The minimum atomic E-state index is -4.68. The molecule has 0 aliphatic rings. The van der Waals surface area contributed by atoms with Crippen LogP contribution in [0.2, 0.25) is 5.02 Å². The van der Waals surface area contributed by atoms with Gasteiger partial charge in [-0.25, -0.2) is 0 Å². The topological polar surface area (TPSA) is 18.5 Å². The molecule has 0 saturated carbocycles. The van der Waals surface area contributed by atoms with Gasteiger partial charge in [-0.3, -0.25) is 0 Å². The van der Waals surface area contributed by atoms with Crippen LogP contribution in [0.3, 0.4) is 0 Å². The Morgan fingerprint density at radius 1 is 0.952 bits per heavy atom. The van der Waals surface area contributed by atoms with Gasteiger partial charge in [-0.05, 0) is 35.9 Å². The number of benzene rings is 2. The summed E-state index contributed by atoms with van der Waals surface area (Å²) in [5.41, 5.74) is 0.693. The third-order valence-corrected chi connectivity index (χ3v) is 2.82. The zero-order valence-electron chi connectivity index (χ0n) is 10.9. The SMILES string of the molecule is FC(F)(F)Oc1cccc(CCOc2cccc(Cl)c2)c1. The molecule has 2 nitrogen and oxygen atoms in total. The molecule has 0 radical (unpaired) electrons. The maximum Gasteiger partial charge on any atom is 0.573 e. The Morgan fingerprint density at radius 2 is 1.67 bits per heavy atom. The van der Waals surface area contributed by atoms with E-state index in [0.29, 0.717) is 29.4 Å². The van der Waals surface area contributed by atoms with E-state index in [1.807, 2.05) is 0 Å². The number of rotatable bonds is 5. The highest BCUT2D eigenvalue weighted by Crippen LogP contribution is 2.23. The van der Waals surface area contributed by atoms with Gasteiger partial charge in [0.1, 0.15) is 11.5 Å². The molecule has 0 spiro atoms. The summed E-state index contributed by atoms with van der Waals surface area (Å²) in [6, 6.07) is 12.7. The standard InChI is InChI=1S/C15H12ClF3O2/c16-12-4-2-5-13(10-12)20-8-7-11-3-1-6-14(9-11)21-15(17,18)19/h1-6,9-10H,7-8H2. The van der Waals surface area contributed by atoms with E-state index in [9.17, 15) is 13.2 Å². The first-order valence-corrected chi connectivity index (χ1v) is 6.53. The van der Waals surface area contributed by atoms with Crippen molar-refractivity contribution in [1.82, 2.24) is 0 Å². The lowest BCUT2D eigenvalue weighted by Gasteiger charge is -2.10. The van der Waals surface area contributed by atoms with Gasteiger partial charge in [0.15, 0.2) is 0 Å². The van der Waals surface area contributed by atoms with Gasteiger partial charge in [0, 0.05) is 11.4 Å². The summed E-state index contributed by atoms with van der Waals surface area (Å²) in [7, 11) is 0. The Bertz CT molecular complexity index is 599. The molecule has 0 aliphatic heterocycles. The Hall–Kier alpha value is -1.88. The average molecular weight is 317 g/mol. The van der Waals surface area contributed by atoms with Crippen LogP contribution in [0.4, 0.5) is 13.2 Å². The molecule has 2 rings (SSSR count). The number of ether oxygens (including phenoxy) is 2. The first-order valence-electron chi connectivity index (χ1n) is 6.15. The van der Waals surface area contributed by atoms with Gasteiger partial charge < -0.3 is 9.47 Å². The fourth-order valence-electron chi connectivity index (χ4n) is 1.74. The van der Waals surface area contributed by atoms with Crippen LogP contribution in [0.1, 0.15) is 5.56 Å². The Kier molecular flexibility index (Phi) is 4.96. The molecule has 2 aromatic carbocycles. The van der Waals surface area contributed by atoms with Gasteiger partial charge >= 0.3 is 6.36 Å². The second-order valence-electron chi connectivity index (χ2n) is 4.25. The first-order chi connectivity index (χ1) is 9.92. The largest absolute Gasteiger partial charge is 0.573 e. The van der Waals surface area contributed by atoms with Crippen LogP contribution in [0.15, 0.2) is 48.5 Å². The maximum absolute atomic E-state index is 12.1. The molecule has 0 atom stereocenters. The molecule has 0 unspecified atom stereocenters. The zero-order valence-corrected chi connectivity index (χ0v) is 11.6. The minimum Gasteiger partial charge on any atom is -0.493 e. The van der Waals surface area contributed by atoms with E-state index in [4.69, 9.17) is 16.3 Å². The quantitative estimate of drug-likeness (QED) is 0.784. The zero-order chi connectivity index (χ0) is 15.3. The third kappa shape index (κ3) is 5.55. The lowest BCUT2D eigenvalue weighted by atomic mass is 10.1. The Balaban J connectivity index is 1.90. The lowest BCUT2D eigenvalue weighted by molar-refractivity contribution is -0.274. The van der Waals surface area contributed by atoms with Crippen LogP contribution in [0, 0.1) is 0 Å². The summed E-state index contributed by atoms with van der Waals surface area (Å²) in [5, 5.41) is 0.563. The Labute approximate surface area is 125 Å². The summed E-state index contributed by atoms with van der Waals surface area (Å²) in [6.07, 6.45) is -4.22. The maximum atomic E-state index is 12.1. The molecule has 0 aromatic heterocycles. The smallest absolute Gasteiger partial charge is 0.493 e. The van der Waals surface area contributed by atoms with E-state index in [0.717, 1.165) is 0 Å². The molecule has 0 amide bonds. The molecule has 2 aromatic rings. The van der Waals surface area contributed by atoms with Crippen molar-refractivity contribution in [2.24, 2.45) is 0 Å². The van der Waals surface area contributed by atoms with Crippen molar-refractivity contribution in [2.75, 3.05) is 6.61 Å². The predicted octanol–water partition coefficient (Wildman–Crippen LogP) is 4.86. The molecule has 0 N–H and O–H groups in total. The van der Waals surface area contributed by atoms with E-state index >= 15 is 0 Å². The fourth-order valence-corrected chi connectivity index (χ4v) is 1.92. The molecule has 6 heteroatoms. The molecule has 0 saturated heterocycles. The van der Waals surface area contributed by atoms with Gasteiger partial charge in [-0.1, -0.05) is 29.8 Å². The van der Waals surface area contributed by atoms with Gasteiger partial charge in [-0.15, -0.1) is 13.2 Å². The van der Waals surface area contributed by atoms with Crippen LogP contribution >= 0.6 is 11.6 Å². The van der Waals surface area contributed by atoms with E-state index in [-0.39, 0.29) is 5.75 Å². The highest BCUT2D eigenvalue weighted by atomic mass is 35.5. The third-order valence-electron chi connectivity index (χ3n) is 2.59. The summed E-state index contributed by atoms with van der Waals surface area (Å²) in [5.74, 6) is 0.382. The molecule has 0 fully saturated rings. The van der Waals surface area contributed by atoms with Crippen LogP contribution in [0.5, 0.6) is 11.5 Å². The molecular formula is C15H12ClF3O2. The predicted molar refractivity (Wildman–Crippen MR) is 73.8 cm³/mol. The van der Waals surface area contributed by atoms with Crippen LogP contribution in [0.25, 0.3) is 0 Å². The molecule has 0 bridgehead atoms. The highest BCUT2D eigenvalue weighted by Gasteiger charge is 2.31. The number of alkyl halides is 3. The number of hydrogen-bond donors (Lipinski definition) is 0. The van der Waals surface area contributed by atoms with Crippen molar-refractivity contribution in [1.29, 1.82) is 0 Å². The number of hydrogen-bond acceptors (Lipinski definition) is 2.